The zero-order valence-corrected chi connectivity index (χ0v) is 19.2. The fourth-order valence-electron chi connectivity index (χ4n) is 4.90. The predicted octanol–water partition coefficient (Wildman–Crippen LogP) is 2.80. The van der Waals surface area contributed by atoms with Gasteiger partial charge in [-0.15, -0.1) is 0 Å². The first-order valence-corrected chi connectivity index (χ1v) is 11.5. The monoisotopic (exact) mass is 461 g/mol. The molecule has 0 radical (unpaired) electrons. The third-order valence-corrected chi connectivity index (χ3v) is 6.89. The molecule has 3 aromatic heterocycles. The predicted molar refractivity (Wildman–Crippen MR) is 129 cm³/mol. The van der Waals surface area contributed by atoms with Crippen molar-refractivity contribution in [1.82, 2.24) is 18.5 Å². The van der Waals surface area contributed by atoms with Crippen LogP contribution in [-0.4, -0.2) is 31.5 Å². The molecule has 176 valence electrons. The molecule has 1 aromatic carbocycles. The highest BCUT2D eigenvalue weighted by molar-refractivity contribution is 5.92. The fourth-order valence-corrected chi connectivity index (χ4v) is 4.90. The van der Waals surface area contributed by atoms with E-state index in [1.807, 2.05) is 28.8 Å². The average molecular weight is 462 g/mol. The smallest absolute Gasteiger partial charge is 0.331 e. The van der Waals surface area contributed by atoms with E-state index in [-0.39, 0.29) is 29.0 Å². The van der Waals surface area contributed by atoms with Gasteiger partial charge in [0.2, 0.25) is 5.91 Å². The van der Waals surface area contributed by atoms with Crippen molar-refractivity contribution in [3.05, 3.63) is 69.6 Å². The van der Waals surface area contributed by atoms with Gasteiger partial charge in [-0.2, -0.15) is 0 Å². The third kappa shape index (κ3) is 3.87. The fraction of sp³-hybridized carbons (Fsp3) is 0.360. The number of anilines is 1. The molecular formula is C25H27N5O4. The summed E-state index contributed by atoms with van der Waals surface area (Å²) in [4.78, 5) is 43.2. The van der Waals surface area contributed by atoms with Crippen LogP contribution in [0, 0.1) is 11.8 Å². The summed E-state index contributed by atoms with van der Waals surface area (Å²) in [5, 5.41) is 3.46. The largest absolute Gasteiger partial charge is 0.497 e. The third-order valence-electron chi connectivity index (χ3n) is 6.89. The number of nitrogens with zero attached hydrogens (tertiary/aromatic N) is 4. The number of aromatic nitrogens is 4. The molecule has 9 heteroatoms. The van der Waals surface area contributed by atoms with Gasteiger partial charge in [0.1, 0.15) is 17.2 Å². The highest BCUT2D eigenvalue weighted by Crippen LogP contribution is 2.30. The van der Waals surface area contributed by atoms with E-state index in [9.17, 15) is 14.4 Å². The van der Waals surface area contributed by atoms with Gasteiger partial charge < -0.3 is 10.1 Å². The van der Waals surface area contributed by atoms with E-state index in [0.29, 0.717) is 41.9 Å². The van der Waals surface area contributed by atoms with Crippen molar-refractivity contribution in [3.63, 3.8) is 0 Å². The number of amides is 1. The van der Waals surface area contributed by atoms with Crippen molar-refractivity contribution in [2.75, 3.05) is 12.4 Å². The summed E-state index contributed by atoms with van der Waals surface area (Å²) >= 11 is 0. The molecule has 1 N–H and O–H groups in total. The number of carbonyl (C=O) groups excluding carboxylic acids is 1. The van der Waals surface area contributed by atoms with Gasteiger partial charge in [-0.1, -0.05) is 6.07 Å². The Hall–Kier alpha value is -3.88. The maximum absolute atomic E-state index is 13.1. The molecule has 3 heterocycles. The molecule has 0 aliphatic heterocycles. The number of carbonyl (C=O) groups is 1. The quantitative estimate of drug-likeness (QED) is 0.493. The van der Waals surface area contributed by atoms with Gasteiger partial charge >= 0.3 is 5.69 Å². The summed E-state index contributed by atoms with van der Waals surface area (Å²) < 4.78 is 9.93. The number of imidazole rings is 1. The van der Waals surface area contributed by atoms with Crippen molar-refractivity contribution in [3.8, 4) is 5.75 Å². The van der Waals surface area contributed by atoms with Gasteiger partial charge in [0.15, 0.2) is 0 Å². The zero-order valence-electron chi connectivity index (χ0n) is 19.2. The SMILES string of the molecule is COc1ccc2c(c1)c(=O)n(C[C@H]1CC[C@H](C(=O)Nc3cnc4ccccn34)CC1)c(=O)n2C. The van der Waals surface area contributed by atoms with Gasteiger partial charge in [0, 0.05) is 25.7 Å². The normalized spacial score (nSPS) is 18.3. The van der Waals surface area contributed by atoms with Crippen LogP contribution in [0.3, 0.4) is 0 Å². The van der Waals surface area contributed by atoms with Crippen LogP contribution in [0.2, 0.25) is 0 Å². The number of rotatable bonds is 5. The maximum atomic E-state index is 13.1. The first-order chi connectivity index (χ1) is 16.5. The minimum absolute atomic E-state index is 0.0185. The van der Waals surface area contributed by atoms with E-state index >= 15 is 0 Å². The van der Waals surface area contributed by atoms with Crippen LogP contribution in [0.5, 0.6) is 5.75 Å². The van der Waals surface area contributed by atoms with Crippen LogP contribution in [0.1, 0.15) is 25.7 Å². The molecule has 1 amide bonds. The summed E-state index contributed by atoms with van der Waals surface area (Å²) in [6, 6.07) is 10.8. The number of methoxy groups -OCH3 is 1. The lowest BCUT2D eigenvalue weighted by atomic mass is 9.81. The summed E-state index contributed by atoms with van der Waals surface area (Å²) in [6.45, 7) is 0.347. The summed E-state index contributed by atoms with van der Waals surface area (Å²) in [5.74, 6) is 1.27. The second-order valence-electron chi connectivity index (χ2n) is 8.92. The lowest BCUT2D eigenvalue weighted by molar-refractivity contribution is -0.121. The molecular weight excluding hydrogens is 434 g/mol. The number of nitrogens with one attached hydrogen (secondary N) is 1. The minimum atomic E-state index is -0.324. The zero-order chi connectivity index (χ0) is 23.8. The maximum Gasteiger partial charge on any atom is 0.331 e. The Morgan fingerprint density at radius 1 is 1.15 bits per heavy atom. The molecule has 9 nitrogen and oxygen atoms in total. The van der Waals surface area contributed by atoms with E-state index < -0.39 is 0 Å². The van der Waals surface area contributed by atoms with E-state index in [0.717, 1.165) is 18.5 Å². The van der Waals surface area contributed by atoms with Crippen molar-refractivity contribution < 1.29 is 9.53 Å². The number of ether oxygens (including phenoxy) is 1. The van der Waals surface area contributed by atoms with Gasteiger partial charge in [-0.05, 0) is 61.9 Å². The molecule has 0 atom stereocenters. The lowest BCUT2D eigenvalue weighted by Crippen LogP contribution is -2.41. The Kier molecular flexibility index (Phi) is 5.69. The van der Waals surface area contributed by atoms with Crippen LogP contribution in [0.15, 0.2) is 58.4 Å². The van der Waals surface area contributed by atoms with Crippen molar-refractivity contribution in [1.29, 1.82) is 0 Å². The molecule has 5 rings (SSSR count). The first kappa shape index (κ1) is 21.9. The molecule has 0 saturated heterocycles. The molecule has 34 heavy (non-hydrogen) atoms. The first-order valence-electron chi connectivity index (χ1n) is 11.5. The van der Waals surface area contributed by atoms with E-state index in [1.165, 1.54) is 9.13 Å². The van der Waals surface area contributed by atoms with Gasteiger partial charge in [0.25, 0.3) is 5.56 Å². The molecule has 0 unspecified atom stereocenters. The number of pyridine rings is 1. The van der Waals surface area contributed by atoms with E-state index in [1.54, 1.807) is 38.6 Å². The molecule has 4 aromatic rings. The van der Waals surface area contributed by atoms with Crippen LogP contribution in [-0.2, 0) is 18.4 Å². The van der Waals surface area contributed by atoms with E-state index in [2.05, 4.69) is 10.3 Å². The minimum Gasteiger partial charge on any atom is -0.497 e. The Labute approximate surface area is 195 Å². The standard InChI is InChI=1S/C25H27N5O4/c1-28-20-11-10-18(34-2)13-19(20)24(32)30(25(28)33)15-16-6-8-17(9-7-16)23(31)27-22-14-26-21-5-3-4-12-29(21)22/h3-5,10-14,16-17H,6-9,15H2,1-2H3,(H,27,31)/t16-,17-. The number of benzene rings is 1. The molecule has 1 aliphatic carbocycles. The summed E-state index contributed by atoms with van der Waals surface area (Å²) in [7, 11) is 3.22. The molecule has 1 fully saturated rings. The number of aryl methyl sites for hydroxylation is 1. The van der Waals surface area contributed by atoms with Crippen LogP contribution < -0.4 is 21.3 Å². The lowest BCUT2D eigenvalue weighted by Gasteiger charge is -2.28. The summed E-state index contributed by atoms with van der Waals surface area (Å²) in [6.07, 6.45) is 6.50. The molecule has 0 spiro atoms. The highest BCUT2D eigenvalue weighted by atomic mass is 16.5. The van der Waals surface area contributed by atoms with Gasteiger partial charge in [-0.25, -0.2) is 9.78 Å². The number of hydrogen-bond acceptors (Lipinski definition) is 5. The van der Waals surface area contributed by atoms with Crippen LogP contribution >= 0.6 is 0 Å². The molecule has 1 aliphatic rings. The van der Waals surface area contributed by atoms with Crippen molar-refractivity contribution in [2.24, 2.45) is 18.9 Å². The Morgan fingerprint density at radius 2 is 1.94 bits per heavy atom. The Bertz CT molecular complexity index is 1490. The topological polar surface area (TPSA) is 99.6 Å². The Balaban J connectivity index is 1.29. The van der Waals surface area contributed by atoms with E-state index in [4.69, 9.17) is 4.74 Å². The average Bonchev–Trinajstić information content (AvgIpc) is 3.28. The van der Waals surface area contributed by atoms with Crippen molar-refractivity contribution >= 4 is 28.3 Å². The number of fused-ring (bicyclic) bond motifs is 2. The molecule has 0 bridgehead atoms. The van der Waals surface area contributed by atoms with Crippen LogP contribution in [0.4, 0.5) is 5.82 Å². The number of hydrogen-bond donors (Lipinski definition) is 1. The van der Waals surface area contributed by atoms with Gasteiger partial charge in [-0.3, -0.25) is 23.1 Å². The second-order valence-corrected chi connectivity index (χ2v) is 8.92. The second kappa shape index (κ2) is 8.81. The highest BCUT2D eigenvalue weighted by Gasteiger charge is 2.28. The summed E-state index contributed by atoms with van der Waals surface area (Å²) in [5.41, 5.74) is 0.737. The van der Waals surface area contributed by atoms with Gasteiger partial charge in [0.05, 0.1) is 24.2 Å². The van der Waals surface area contributed by atoms with Crippen molar-refractivity contribution in [2.45, 2.75) is 32.2 Å². The van der Waals surface area contributed by atoms with Crippen LogP contribution in [0.25, 0.3) is 16.6 Å². The Morgan fingerprint density at radius 3 is 2.71 bits per heavy atom. The molecule has 1 saturated carbocycles.